The number of aromatic nitrogens is 5. The molecule has 0 aliphatic carbocycles. The van der Waals surface area contributed by atoms with E-state index in [4.69, 9.17) is 9.62 Å². The molecule has 2 aromatic carbocycles. The summed E-state index contributed by atoms with van der Waals surface area (Å²) in [6, 6.07) is 22.3. The van der Waals surface area contributed by atoms with Crippen LogP contribution in [0.3, 0.4) is 0 Å². The topological polar surface area (TPSA) is 90.2 Å². The van der Waals surface area contributed by atoms with E-state index in [0.717, 1.165) is 50.2 Å². The van der Waals surface area contributed by atoms with Crippen LogP contribution in [0.4, 0.5) is 5.82 Å². The predicted octanol–water partition coefficient (Wildman–Crippen LogP) is 6.54. The monoisotopic (exact) mass is 530 g/mol. The molecule has 0 fully saturated rings. The van der Waals surface area contributed by atoms with Crippen LogP contribution in [0.25, 0.3) is 38.9 Å². The molecule has 4 aromatic heterocycles. The van der Waals surface area contributed by atoms with Crippen molar-refractivity contribution in [2.24, 2.45) is 7.05 Å². The highest BCUT2D eigenvalue weighted by atomic mass is 16.5. The highest BCUT2D eigenvalue weighted by Gasteiger charge is 2.20. The van der Waals surface area contributed by atoms with Gasteiger partial charge in [-0.25, -0.2) is 4.52 Å². The molecule has 1 amide bonds. The number of amides is 1. The third-order valence-electron chi connectivity index (χ3n) is 6.88. The third kappa shape index (κ3) is 5.03. The van der Waals surface area contributed by atoms with Crippen LogP contribution in [0.5, 0.6) is 0 Å². The summed E-state index contributed by atoms with van der Waals surface area (Å²) in [4.78, 5) is 12.7. The first-order chi connectivity index (χ1) is 19.2. The SMILES string of the molecule is Cn1cc(-c2cc(-c3ccccc3)c3c(-c4ccc(CC(=O)Nc5cc(C(C)(C)C)on5)cc4)cnn3c2)cn1. The van der Waals surface area contributed by atoms with Crippen LogP contribution < -0.4 is 5.32 Å². The minimum atomic E-state index is -0.176. The highest BCUT2D eigenvalue weighted by molar-refractivity contribution is 5.95. The van der Waals surface area contributed by atoms with E-state index in [0.29, 0.717) is 5.82 Å². The maximum atomic E-state index is 12.7. The Kier molecular flexibility index (Phi) is 6.30. The molecule has 6 aromatic rings. The Hall–Kier alpha value is -4.98. The summed E-state index contributed by atoms with van der Waals surface area (Å²) >= 11 is 0. The fourth-order valence-corrected chi connectivity index (χ4v) is 4.76. The van der Waals surface area contributed by atoms with E-state index in [-0.39, 0.29) is 17.7 Å². The van der Waals surface area contributed by atoms with Crippen molar-refractivity contribution in [2.45, 2.75) is 32.6 Å². The van der Waals surface area contributed by atoms with Crippen molar-refractivity contribution in [1.29, 1.82) is 0 Å². The Bertz CT molecular complexity index is 1800. The first-order valence-electron chi connectivity index (χ1n) is 13.2. The Morgan fingerprint density at radius 1 is 0.850 bits per heavy atom. The van der Waals surface area contributed by atoms with Gasteiger partial charge in [0.15, 0.2) is 5.82 Å². The smallest absolute Gasteiger partial charge is 0.230 e. The van der Waals surface area contributed by atoms with E-state index in [9.17, 15) is 4.79 Å². The molecule has 8 heteroatoms. The fourth-order valence-electron chi connectivity index (χ4n) is 4.76. The first-order valence-corrected chi connectivity index (χ1v) is 13.2. The normalized spacial score (nSPS) is 11.7. The summed E-state index contributed by atoms with van der Waals surface area (Å²) < 4.78 is 9.10. The molecule has 8 nitrogen and oxygen atoms in total. The Morgan fingerprint density at radius 3 is 2.27 bits per heavy atom. The number of nitrogens with zero attached hydrogens (tertiary/aromatic N) is 5. The van der Waals surface area contributed by atoms with Crippen LogP contribution in [0, 0.1) is 0 Å². The van der Waals surface area contributed by atoms with Crippen molar-refractivity contribution in [3.05, 3.63) is 103 Å². The number of hydrogen-bond acceptors (Lipinski definition) is 5. The molecular weight excluding hydrogens is 500 g/mol. The van der Waals surface area contributed by atoms with Gasteiger partial charge < -0.3 is 9.84 Å². The van der Waals surface area contributed by atoms with Gasteiger partial charge in [-0.3, -0.25) is 9.48 Å². The molecule has 4 heterocycles. The van der Waals surface area contributed by atoms with Gasteiger partial charge in [-0.1, -0.05) is 80.5 Å². The lowest BCUT2D eigenvalue weighted by atomic mass is 9.93. The second-order valence-electron chi connectivity index (χ2n) is 11.0. The lowest BCUT2D eigenvalue weighted by molar-refractivity contribution is -0.115. The number of rotatable bonds is 6. The number of aryl methyl sites for hydroxylation is 1. The largest absolute Gasteiger partial charge is 0.359 e. The molecule has 1 N–H and O–H groups in total. The molecule has 0 spiro atoms. The molecule has 0 bridgehead atoms. The Labute approximate surface area is 232 Å². The van der Waals surface area contributed by atoms with Gasteiger partial charge in [0.1, 0.15) is 5.76 Å². The molecule has 0 atom stereocenters. The highest BCUT2D eigenvalue weighted by Crippen LogP contribution is 2.36. The second-order valence-corrected chi connectivity index (χ2v) is 11.0. The third-order valence-corrected chi connectivity index (χ3v) is 6.88. The van der Waals surface area contributed by atoms with Crippen molar-refractivity contribution < 1.29 is 9.32 Å². The van der Waals surface area contributed by atoms with Gasteiger partial charge in [0.05, 0.1) is 24.3 Å². The Balaban J connectivity index is 1.29. The van der Waals surface area contributed by atoms with Gasteiger partial charge in [-0.05, 0) is 22.8 Å². The molecular formula is C32H30N6O2. The summed E-state index contributed by atoms with van der Waals surface area (Å²) in [6.45, 7) is 6.10. The van der Waals surface area contributed by atoms with E-state index in [1.54, 1.807) is 10.7 Å². The van der Waals surface area contributed by atoms with Gasteiger partial charge in [-0.15, -0.1) is 0 Å². The van der Waals surface area contributed by atoms with Crippen molar-refractivity contribution in [1.82, 2.24) is 24.6 Å². The molecule has 0 aliphatic rings. The number of benzene rings is 2. The maximum Gasteiger partial charge on any atom is 0.230 e. The molecule has 200 valence electrons. The second kappa shape index (κ2) is 9.96. The zero-order chi connectivity index (χ0) is 27.9. The van der Waals surface area contributed by atoms with Gasteiger partial charge in [0, 0.05) is 53.2 Å². The number of anilines is 1. The molecule has 0 radical (unpaired) electrons. The molecule has 0 aliphatic heterocycles. The van der Waals surface area contributed by atoms with E-state index in [1.807, 2.05) is 99.6 Å². The number of nitrogens with one attached hydrogen (secondary N) is 1. The average molecular weight is 531 g/mol. The van der Waals surface area contributed by atoms with E-state index in [1.165, 1.54) is 0 Å². The van der Waals surface area contributed by atoms with Gasteiger partial charge in [0.2, 0.25) is 5.91 Å². The number of hydrogen-bond donors (Lipinski definition) is 1. The maximum absolute atomic E-state index is 12.7. The standard InChI is InChI=1S/C32H30N6O2/c1-32(2,3)28-16-29(36-40-28)35-30(39)14-21-10-12-23(13-11-21)27-18-34-38-20-24(25-17-33-37(4)19-25)15-26(31(27)38)22-8-6-5-7-9-22/h5-13,15-20H,14H2,1-4H3,(H,35,36,39). The van der Waals surface area contributed by atoms with Crippen molar-refractivity contribution >= 4 is 17.2 Å². The average Bonchev–Trinajstić information content (AvgIpc) is 3.69. The minimum Gasteiger partial charge on any atom is -0.359 e. The summed E-state index contributed by atoms with van der Waals surface area (Å²) in [6.07, 6.45) is 8.03. The van der Waals surface area contributed by atoms with Crippen molar-refractivity contribution in [2.75, 3.05) is 5.32 Å². The fraction of sp³-hybridized carbons (Fsp3) is 0.188. The molecule has 0 unspecified atom stereocenters. The summed E-state index contributed by atoms with van der Waals surface area (Å²) in [5.41, 5.74) is 8.05. The zero-order valence-corrected chi connectivity index (χ0v) is 22.9. The predicted molar refractivity (Wildman–Crippen MR) is 156 cm³/mol. The van der Waals surface area contributed by atoms with Crippen molar-refractivity contribution in [3.63, 3.8) is 0 Å². The number of fused-ring (bicyclic) bond motifs is 1. The number of pyridine rings is 1. The lowest BCUT2D eigenvalue weighted by Gasteiger charge is -2.12. The molecule has 0 saturated carbocycles. The first kappa shape index (κ1) is 25.3. The quantitative estimate of drug-likeness (QED) is 0.264. The minimum absolute atomic E-state index is 0.146. The van der Waals surface area contributed by atoms with Crippen LogP contribution in [0.1, 0.15) is 32.1 Å². The van der Waals surface area contributed by atoms with Gasteiger partial charge in [-0.2, -0.15) is 10.2 Å². The summed E-state index contributed by atoms with van der Waals surface area (Å²) in [5.74, 6) is 1.01. The number of carbonyl (C=O) groups excluding carboxylic acids is 1. The lowest BCUT2D eigenvalue weighted by Crippen LogP contribution is -2.14. The molecule has 6 rings (SSSR count). The zero-order valence-electron chi connectivity index (χ0n) is 22.9. The molecule has 40 heavy (non-hydrogen) atoms. The molecule has 0 saturated heterocycles. The Morgan fingerprint density at radius 2 is 1.60 bits per heavy atom. The van der Waals surface area contributed by atoms with Gasteiger partial charge in [0.25, 0.3) is 0 Å². The van der Waals surface area contributed by atoms with Crippen molar-refractivity contribution in [3.8, 4) is 33.4 Å². The van der Waals surface area contributed by atoms with Crippen LogP contribution >= 0.6 is 0 Å². The summed E-state index contributed by atoms with van der Waals surface area (Å²) in [7, 11) is 1.91. The van der Waals surface area contributed by atoms with Crippen LogP contribution in [-0.4, -0.2) is 30.5 Å². The van der Waals surface area contributed by atoms with Crippen LogP contribution in [0.2, 0.25) is 0 Å². The van der Waals surface area contributed by atoms with E-state index < -0.39 is 0 Å². The van der Waals surface area contributed by atoms with E-state index in [2.05, 4.69) is 33.8 Å². The van der Waals surface area contributed by atoms with Crippen LogP contribution in [0.15, 0.2) is 96.0 Å². The van der Waals surface area contributed by atoms with Gasteiger partial charge >= 0.3 is 0 Å². The van der Waals surface area contributed by atoms with Crippen LogP contribution in [-0.2, 0) is 23.7 Å². The summed E-state index contributed by atoms with van der Waals surface area (Å²) in [5, 5.41) is 15.9. The number of carbonyl (C=O) groups is 1. The van der Waals surface area contributed by atoms with E-state index >= 15 is 0 Å².